The van der Waals surface area contributed by atoms with Gasteiger partial charge in [-0.3, -0.25) is 9.78 Å². The molecule has 2 heterocycles. The van der Waals surface area contributed by atoms with Gasteiger partial charge in [0.05, 0.1) is 18.8 Å². The Morgan fingerprint density at radius 3 is 2.81 bits per heavy atom. The van der Waals surface area contributed by atoms with Crippen LogP contribution in [-0.4, -0.2) is 41.5 Å². The van der Waals surface area contributed by atoms with Gasteiger partial charge in [0, 0.05) is 41.6 Å². The van der Waals surface area contributed by atoms with Crippen LogP contribution in [0.15, 0.2) is 60.9 Å². The molecule has 0 atom stereocenters. The van der Waals surface area contributed by atoms with Crippen LogP contribution in [0.2, 0.25) is 0 Å². The van der Waals surface area contributed by atoms with Crippen molar-refractivity contribution in [2.45, 2.75) is 6.42 Å². The molecule has 0 aliphatic heterocycles. The molecule has 1 N–H and O–H groups in total. The molecule has 2 aromatic heterocycles. The third-order valence-corrected chi connectivity index (χ3v) is 4.86. The summed E-state index contributed by atoms with van der Waals surface area (Å²) in [4.78, 5) is 22.1. The van der Waals surface area contributed by atoms with E-state index < -0.39 is 0 Å². The largest absolute Gasteiger partial charge is 0.497 e. The molecule has 0 radical (unpaired) electrons. The van der Waals surface area contributed by atoms with Gasteiger partial charge in [-0.15, -0.1) is 0 Å². The molecule has 5 heteroatoms. The average Bonchev–Trinajstić information content (AvgIpc) is 3.09. The molecule has 4 aromatic rings. The molecule has 5 nitrogen and oxygen atoms in total. The number of fused-ring (bicyclic) bond motifs is 3. The Bertz CT molecular complexity index is 1120. The number of carbonyl (C=O) groups excluding carboxylic acids is 1. The number of aromatic nitrogens is 2. The fourth-order valence-corrected chi connectivity index (χ4v) is 3.34. The minimum absolute atomic E-state index is 0.0107. The van der Waals surface area contributed by atoms with Crippen LogP contribution in [0.1, 0.15) is 15.9 Å². The molecule has 2 aromatic carbocycles. The molecule has 0 aliphatic carbocycles. The van der Waals surface area contributed by atoms with Crippen LogP contribution in [0.4, 0.5) is 0 Å². The van der Waals surface area contributed by atoms with Crippen LogP contribution in [0.5, 0.6) is 5.75 Å². The Morgan fingerprint density at radius 1 is 1.11 bits per heavy atom. The highest BCUT2D eigenvalue weighted by Gasteiger charge is 2.14. The van der Waals surface area contributed by atoms with E-state index in [0.717, 1.165) is 39.5 Å². The van der Waals surface area contributed by atoms with E-state index in [0.29, 0.717) is 12.1 Å². The number of methoxy groups -OCH3 is 1. The SMILES string of the molecule is COc1cccc(CCN(C)C(=O)c2ccc3c(c2)[nH]c2cnccc23)c1. The van der Waals surface area contributed by atoms with E-state index in [-0.39, 0.29) is 5.91 Å². The van der Waals surface area contributed by atoms with Crippen molar-refractivity contribution in [1.29, 1.82) is 0 Å². The van der Waals surface area contributed by atoms with Gasteiger partial charge in [0.15, 0.2) is 0 Å². The Hall–Kier alpha value is -3.34. The number of amides is 1. The number of likely N-dealkylation sites (N-methyl/N-ethyl adjacent to an activating group) is 1. The summed E-state index contributed by atoms with van der Waals surface area (Å²) in [5, 5.41) is 2.22. The Kier molecular flexibility index (Phi) is 4.50. The van der Waals surface area contributed by atoms with Crippen molar-refractivity contribution in [2.24, 2.45) is 0 Å². The summed E-state index contributed by atoms with van der Waals surface area (Å²) in [6, 6.07) is 15.7. The molecule has 0 spiro atoms. The zero-order chi connectivity index (χ0) is 18.8. The number of aromatic amines is 1. The number of pyridine rings is 1. The average molecular weight is 359 g/mol. The van der Waals surface area contributed by atoms with Gasteiger partial charge in [0.1, 0.15) is 5.75 Å². The van der Waals surface area contributed by atoms with Crippen molar-refractivity contribution >= 4 is 27.7 Å². The van der Waals surface area contributed by atoms with Gasteiger partial charge in [-0.25, -0.2) is 0 Å². The van der Waals surface area contributed by atoms with Crippen LogP contribution in [0, 0.1) is 0 Å². The van der Waals surface area contributed by atoms with E-state index >= 15 is 0 Å². The second kappa shape index (κ2) is 7.11. The van der Waals surface area contributed by atoms with Gasteiger partial charge in [0.2, 0.25) is 0 Å². The molecule has 0 aliphatic rings. The van der Waals surface area contributed by atoms with Crippen molar-refractivity contribution in [3.8, 4) is 5.75 Å². The van der Waals surface area contributed by atoms with Gasteiger partial charge in [-0.1, -0.05) is 18.2 Å². The Balaban J connectivity index is 1.51. The molecule has 136 valence electrons. The minimum atomic E-state index is 0.0107. The summed E-state index contributed by atoms with van der Waals surface area (Å²) in [5.74, 6) is 0.844. The second-order valence-corrected chi connectivity index (χ2v) is 6.63. The van der Waals surface area contributed by atoms with Crippen molar-refractivity contribution < 1.29 is 9.53 Å². The van der Waals surface area contributed by atoms with Gasteiger partial charge in [-0.2, -0.15) is 0 Å². The number of nitrogens with one attached hydrogen (secondary N) is 1. The summed E-state index contributed by atoms with van der Waals surface area (Å²) in [7, 11) is 3.49. The maximum atomic E-state index is 12.8. The van der Waals surface area contributed by atoms with Crippen molar-refractivity contribution in [3.05, 3.63) is 72.1 Å². The molecule has 0 bridgehead atoms. The van der Waals surface area contributed by atoms with Gasteiger partial charge >= 0.3 is 0 Å². The van der Waals surface area contributed by atoms with Gasteiger partial charge in [0.25, 0.3) is 5.91 Å². The highest BCUT2D eigenvalue weighted by molar-refractivity contribution is 6.09. The highest BCUT2D eigenvalue weighted by Crippen LogP contribution is 2.25. The van der Waals surface area contributed by atoms with E-state index in [1.54, 1.807) is 24.4 Å². The number of rotatable bonds is 5. The van der Waals surface area contributed by atoms with Crippen molar-refractivity contribution in [3.63, 3.8) is 0 Å². The lowest BCUT2D eigenvalue weighted by atomic mass is 10.1. The normalized spacial score (nSPS) is 11.0. The summed E-state index contributed by atoms with van der Waals surface area (Å²) in [5.41, 5.74) is 3.75. The van der Waals surface area contributed by atoms with Crippen LogP contribution >= 0.6 is 0 Å². The second-order valence-electron chi connectivity index (χ2n) is 6.63. The Labute approximate surface area is 157 Å². The first kappa shape index (κ1) is 17.1. The first-order valence-electron chi connectivity index (χ1n) is 8.89. The predicted octanol–water partition coefficient (Wildman–Crippen LogP) is 4.04. The van der Waals surface area contributed by atoms with Crippen molar-refractivity contribution in [1.82, 2.24) is 14.9 Å². The van der Waals surface area contributed by atoms with E-state index in [1.807, 2.05) is 55.6 Å². The third-order valence-electron chi connectivity index (χ3n) is 4.86. The molecular formula is C22H21N3O2. The summed E-state index contributed by atoms with van der Waals surface area (Å²) in [6.45, 7) is 0.640. The fraction of sp³-hybridized carbons (Fsp3) is 0.182. The number of H-pyrrole nitrogens is 1. The predicted molar refractivity (Wildman–Crippen MR) is 107 cm³/mol. The number of hydrogen-bond acceptors (Lipinski definition) is 3. The lowest BCUT2D eigenvalue weighted by Gasteiger charge is -2.17. The van der Waals surface area contributed by atoms with E-state index in [9.17, 15) is 4.79 Å². The van der Waals surface area contributed by atoms with Gasteiger partial charge < -0.3 is 14.6 Å². The number of benzene rings is 2. The van der Waals surface area contributed by atoms with Crippen LogP contribution in [0.3, 0.4) is 0 Å². The topological polar surface area (TPSA) is 58.2 Å². The molecule has 0 saturated carbocycles. The lowest BCUT2D eigenvalue weighted by Crippen LogP contribution is -2.28. The monoisotopic (exact) mass is 359 g/mol. The van der Waals surface area contributed by atoms with Crippen LogP contribution in [-0.2, 0) is 6.42 Å². The van der Waals surface area contributed by atoms with E-state index in [2.05, 4.69) is 9.97 Å². The zero-order valence-corrected chi connectivity index (χ0v) is 15.4. The molecular weight excluding hydrogens is 338 g/mol. The Morgan fingerprint density at radius 2 is 1.96 bits per heavy atom. The molecule has 27 heavy (non-hydrogen) atoms. The molecule has 0 unspecified atom stereocenters. The highest BCUT2D eigenvalue weighted by atomic mass is 16.5. The molecule has 0 fully saturated rings. The first-order valence-corrected chi connectivity index (χ1v) is 8.89. The number of ether oxygens (including phenoxy) is 1. The smallest absolute Gasteiger partial charge is 0.253 e. The summed E-state index contributed by atoms with van der Waals surface area (Å²) >= 11 is 0. The molecule has 4 rings (SSSR count). The van der Waals surface area contributed by atoms with E-state index in [1.165, 1.54) is 0 Å². The standard InChI is InChI=1S/C22H21N3O2/c1-25(11-9-15-4-3-5-17(12-15)27-2)22(26)16-6-7-18-19-8-10-23-14-21(19)24-20(18)13-16/h3-8,10,12-14,24H,9,11H2,1-2H3. The fourth-order valence-electron chi connectivity index (χ4n) is 3.34. The molecule has 0 saturated heterocycles. The van der Waals surface area contributed by atoms with Crippen LogP contribution < -0.4 is 4.74 Å². The van der Waals surface area contributed by atoms with Gasteiger partial charge in [-0.05, 0) is 42.3 Å². The molecule has 1 amide bonds. The van der Waals surface area contributed by atoms with Crippen molar-refractivity contribution in [2.75, 3.05) is 20.7 Å². The first-order chi connectivity index (χ1) is 13.2. The summed E-state index contributed by atoms with van der Waals surface area (Å²) < 4.78 is 5.26. The number of nitrogens with zero attached hydrogens (tertiary/aromatic N) is 2. The quantitative estimate of drug-likeness (QED) is 0.585. The maximum Gasteiger partial charge on any atom is 0.253 e. The maximum absolute atomic E-state index is 12.8. The minimum Gasteiger partial charge on any atom is -0.497 e. The number of hydrogen-bond donors (Lipinski definition) is 1. The third kappa shape index (κ3) is 3.36. The summed E-state index contributed by atoms with van der Waals surface area (Å²) in [6.07, 6.45) is 4.36. The number of carbonyl (C=O) groups is 1. The van der Waals surface area contributed by atoms with E-state index in [4.69, 9.17) is 4.74 Å². The zero-order valence-electron chi connectivity index (χ0n) is 15.4. The van der Waals surface area contributed by atoms with Crippen LogP contribution in [0.25, 0.3) is 21.8 Å². The lowest BCUT2D eigenvalue weighted by molar-refractivity contribution is 0.0797.